The van der Waals surface area contributed by atoms with Crippen LogP contribution in [0.2, 0.25) is 5.02 Å². The third-order valence-corrected chi connectivity index (χ3v) is 8.30. The van der Waals surface area contributed by atoms with Gasteiger partial charge in [0.1, 0.15) is 0 Å². The molecule has 5 nitrogen and oxygen atoms in total. The van der Waals surface area contributed by atoms with Gasteiger partial charge in [-0.1, -0.05) is 115 Å². The third-order valence-electron chi connectivity index (χ3n) is 8.04. The van der Waals surface area contributed by atoms with Gasteiger partial charge in [-0.2, -0.15) is 0 Å². The van der Waals surface area contributed by atoms with E-state index in [1.54, 1.807) is 12.1 Å². The summed E-state index contributed by atoms with van der Waals surface area (Å²) in [6.07, 6.45) is 0. The van der Waals surface area contributed by atoms with Crippen molar-refractivity contribution >= 4 is 17.4 Å². The van der Waals surface area contributed by atoms with Gasteiger partial charge in [0.25, 0.3) is 0 Å². The molecule has 4 aromatic carbocycles. The van der Waals surface area contributed by atoms with Gasteiger partial charge in [0.2, 0.25) is 6.04 Å². The van der Waals surface area contributed by atoms with Gasteiger partial charge in [-0.25, -0.2) is 0 Å². The molecule has 0 amide bonds. The molecule has 4 aromatic rings. The summed E-state index contributed by atoms with van der Waals surface area (Å²) in [5, 5.41) is 13.4. The Kier molecular flexibility index (Phi) is 5.90. The van der Waals surface area contributed by atoms with Crippen LogP contribution in [0.3, 0.4) is 0 Å². The Bertz CT molecular complexity index is 1390. The molecule has 184 valence electrons. The summed E-state index contributed by atoms with van der Waals surface area (Å²) in [6, 6.07) is 35.5. The van der Waals surface area contributed by atoms with Crippen molar-refractivity contribution in [2.45, 2.75) is 29.5 Å². The molecule has 0 N–H and O–H groups in total. The Labute approximate surface area is 220 Å². The van der Waals surface area contributed by atoms with Crippen LogP contribution in [0.25, 0.3) is 0 Å². The minimum atomic E-state index is -1.26. The highest BCUT2D eigenvalue weighted by molar-refractivity contribution is 6.30. The zero-order chi connectivity index (χ0) is 25.6. The van der Waals surface area contributed by atoms with Crippen molar-refractivity contribution in [3.8, 4) is 0 Å². The second-order valence-corrected chi connectivity index (χ2v) is 10.2. The number of Topliss-reactive ketones (excluding diaryl/α,β-unsaturated/α-hetero) is 1. The highest BCUT2D eigenvalue weighted by Crippen LogP contribution is 2.65. The summed E-state index contributed by atoms with van der Waals surface area (Å²) in [5.74, 6) is -0.916. The number of likely N-dealkylation sites (tertiary alicyclic amines) is 1. The summed E-state index contributed by atoms with van der Waals surface area (Å²) in [5.41, 5.74) is 2.50. The van der Waals surface area contributed by atoms with Crippen molar-refractivity contribution in [2.24, 2.45) is 0 Å². The molecule has 1 saturated heterocycles. The van der Waals surface area contributed by atoms with Crippen LogP contribution in [0.4, 0.5) is 0 Å². The van der Waals surface area contributed by atoms with E-state index in [-0.39, 0.29) is 29.2 Å². The van der Waals surface area contributed by atoms with Crippen LogP contribution in [0.15, 0.2) is 115 Å². The van der Waals surface area contributed by atoms with E-state index >= 15 is 0 Å². The first-order valence-electron chi connectivity index (χ1n) is 12.4. The molecule has 4 atom stereocenters. The first-order chi connectivity index (χ1) is 18.0. The van der Waals surface area contributed by atoms with E-state index in [2.05, 4.69) is 4.90 Å². The van der Waals surface area contributed by atoms with Crippen molar-refractivity contribution in [1.29, 1.82) is 0 Å². The monoisotopic (exact) mass is 508 g/mol. The Hall–Kier alpha value is -3.80. The highest BCUT2D eigenvalue weighted by Gasteiger charge is 2.80. The Balaban J connectivity index is 1.55. The Morgan fingerprint density at radius 3 is 1.78 bits per heavy atom. The van der Waals surface area contributed by atoms with E-state index < -0.39 is 17.5 Å². The van der Waals surface area contributed by atoms with Crippen LogP contribution in [-0.2, 0) is 4.79 Å². The van der Waals surface area contributed by atoms with Crippen LogP contribution in [0.5, 0.6) is 0 Å². The number of nitrogens with zero attached hydrogens (tertiary/aromatic N) is 2. The molecule has 6 heteroatoms. The van der Waals surface area contributed by atoms with E-state index in [0.717, 1.165) is 22.3 Å². The summed E-state index contributed by atoms with van der Waals surface area (Å²) in [4.78, 5) is 28.4. The molecule has 2 aliphatic rings. The number of hydrogen-bond acceptors (Lipinski definition) is 4. The molecule has 1 saturated carbocycles. The number of hydrogen-bond donors (Lipinski definition) is 0. The second kappa shape index (κ2) is 9.25. The second-order valence-electron chi connectivity index (χ2n) is 9.80. The number of nitro groups is 1. The van der Waals surface area contributed by atoms with Crippen LogP contribution < -0.4 is 0 Å². The maximum absolute atomic E-state index is 13.8. The van der Waals surface area contributed by atoms with Crippen molar-refractivity contribution in [2.75, 3.05) is 6.54 Å². The van der Waals surface area contributed by atoms with E-state index in [1.165, 1.54) is 0 Å². The minimum Gasteiger partial charge on any atom is -0.296 e. The largest absolute Gasteiger partial charge is 0.296 e. The SMILES string of the molecule is O=C1CN(C(c2ccccc2)c2ccccc2)[C@]12[C@H](c1ccccc1)[C@@H](c1ccc(Cl)cc1)[C@@H]2[N+](=O)[O-]. The lowest BCUT2D eigenvalue weighted by Gasteiger charge is -2.66. The molecule has 37 heavy (non-hydrogen) atoms. The third kappa shape index (κ3) is 3.61. The Morgan fingerprint density at radius 1 is 0.784 bits per heavy atom. The van der Waals surface area contributed by atoms with Crippen molar-refractivity contribution < 1.29 is 9.72 Å². The number of benzene rings is 4. The molecule has 2 fully saturated rings. The van der Waals surface area contributed by atoms with E-state index in [4.69, 9.17) is 11.6 Å². The quantitative estimate of drug-likeness (QED) is 0.227. The molecule has 0 aromatic heterocycles. The molecule has 0 radical (unpaired) electrons. The molecule has 1 aliphatic carbocycles. The maximum Gasteiger partial charge on any atom is 0.246 e. The smallest absolute Gasteiger partial charge is 0.246 e. The van der Waals surface area contributed by atoms with Gasteiger partial charge in [-0.3, -0.25) is 19.8 Å². The zero-order valence-corrected chi connectivity index (χ0v) is 20.7. The first kappa shape index (κ1) is 23.6. The average Bonchev–Trinajstić information content (AvgIpc) is 2.91. The van der Waals surface area contributed by atoms with Gasteiger partial charge in [0, 0.05) is 15.9 Å². The first-order valence-corrected chi connectivity index (χ1v) is 12.7. The summed E-state index contributed by atoms with van der Waals surface area (Å²) < 4.78 is 0. The minimum absolute atomic E-state index is 0.0786. The summed E-state index contributed by atoms with van der Waals surface area (Å²) >= 11 is 6.15. The van der Waals surface area contributed by atoms with Crippen molar-refractivity contribution in [3.63, 3.8) is 0 Å². The molecule has 6 rings (SSSR count). The highest BCUT2D eigenvalue weighted by atomic mass is 35.5. The maximum atomic E-state index is 13.8. The van der Waals surface area contributed by atoms with Gasteiger partial charge >= 0.3 is 0 Å². The fraction of sp³-hybridized carbons (Fsp3) is 0.194. The van der Waals surface area contributed by atoms with Crippen LogP contribution in [0.1, 0.15) is 40.1 Å². The number of carbonyl (C=O) groups is 1. The predicted octanol–water partition coefficient (Wildman–Crippen LogP) is 6.28. The summed E-state index contributed by atoms with van der Waals surface area (Å²) in [7, 11) is 0. The van der Waals surface area contributed by atoms with Gasteiger partial charge in [0.15, 0.2) is 11.3 Å². The molecule has 1 aliphatic heterocycles. The fourth-order valence-corrected chi connectivity index (χ4v) is 6.69. The number of carbonyl (C=O) groups excluding carboxylic acids is 1. The molecular formula is C31H25ClN2O3. The zero-order valence-electron chi connectivity index (χ0n) is 20.0. The lowest BCUT2D eigenvalue weighted by molar-refractivity contribution is -0.564. The Morgan fingerprint density at radius 2 is 1.30 bits per heavy atom. The number of halogens is 1. The topological polar surface area (TPSA) is 63.5 Å². The van der Waals surface area contributed by atoms with Gasteiger partial charge in [-0.15, -0.1) is 0 Å². The van der Waals surface area contributed by atoms with E-state index in [0.29, 0.717) is 5.02 Å². The van der Waals surface area contributed by atoms with Crippen molar-refractivity contribution in [3.05, 3.63) is 153 Å². The average molecular weight is 509 g/mol. The van der Waals surface area contributed by atoms with Gasteiger partial charge in [0.05, 0.1) is 18.5 Å². The lowest BCUT2D eigenvalue weighted by atomic mass is 9.46. The fourth-order valence-electron chi connectivity index (χ4n) is 6.56. The van der Waals surface area contributed by atoms with E-state index in [9.17, 15) is 14.9 Å². The van der Waals surface area contributed by atoms with Gasteiger partial charge < -0.3 is 0 Å². The normalized spacial score (nSPS) is 25.0. The van der Waals surface area contributed by atoms with Crippen LogP contribution >= 0.6 is 11.6 Å². The molecule has 0 unspecified atom stereocenters. The van der Waals surface area contributed by atoms with E-state index in [1.807, 2.05) is 103 Å². The molecule has 1 spiro atoms. The summed E-state index contributed by atoms with van der Waals surface area (Å²) in [6.45, 7) is 0.162. The van der Waals surface area contributed by atoms with Crippen LogP contribution in [0, 0.1) is 10.1 Å². The predicted molar refractivity (Wildman–Crippen MR) is 143 cm³/mol. The number of ketones is 1. The number of rotatable bonds is 6. The molecule has 1 heterocycles. The van der Waals surface area contributed by atoms with Crippen LogP contribution in [-0.4, -0.2) is 33.7 Å². The lowest BCUT2D eigenvalue weighted by Crippen LogP contribution is -2.85. The molecule has 0 bridgehead atoms. The van der Waals surface area contributed by atoms with Crippen molar-refractivity contribution in [1.82, 2.24) is 4.90 Å². The standard InChI is InChI=1S/C31H25ClN2O3/c32-25-18-16-21(17-19-25)27-28(22-10-4-1-5-11-22)31(30(27)34(36)37)26(35)20-33(31)29(23-12-6-2-7-13-23)24-14-8-3-9-15-24/h1-19,27-30H,20H2/t27-,28-,30+,31+/m1/s1. The molecular weight excluding hydrogens is 484 g/mol. The van der Waals surface area contributed by atoms with Gasteiger partial charge in [-0.05, 0) is 34.4 Å².